The first-order valence-corrected chi connectivity index (χ1v) is 44.4. The number of benzene rings is 4. The third-order valence-electron chi connectivity index (χ3n) is 11.7. The molecule has 1 saturated heterocycles. The summed E-state index contributed by atoms with van der Waals surface area (Å²) in [7, 11) is -22.7. The summed E-state index contributed by atoms with van der Waals surface area (Å²) in [6, 6.07) is 34.3. The Morgan fingerprint density at radius 2 is 0.840 bits per heavy atom. The molecule has 8 aromatic rings. The molecule has 3 N–H and O–H groups in total. The highest BCUT2D eigenvalue weighted by atomic mass is 79.9. The Morgan fingerprint density at radius 1 is 0.510 bits per heavy atom. The van der Waals surface area contributed by atoms with Crippen molar-refractivity contribution in [2.45, 2.75) is 150 Å². The van der Waals surface area contributed by atoms with Gasteiger partial charge in [0.05, 0.1) is 33.2 Å². The number of aromatic hydroxyl groups is 1. The van der Waals surface area contributed by atoms with Gasteiger partial charge in [0.15, 0.2) is 29.5 Å². The van der Waals surface area contributed by atoms with Gasteiger partial charge in [0, 0.05) is 61.6 Å². The first-order chi connectivity index (χ1) is 45.0. The Labute approximate surface area is 629 Å². The van der Waals surface area contributed by atoms with Crippen molar-refractivity contribution in [3.05, 3.63) is 145 Å². The molecule has 4 aromatic heterocycles. The summed E-state index contributed by atoms with van der Waals surface area (Å²) < 4.78 is 170. The van der Waals surface area contributed by atoms with Crippen LogP contribution in [-0.4, -0.2) is 119 Å². The second-order valence-electron chi connectivity index (χ2n) is 23.7. The number of thiol groups is 1. The number of phenols is 1. The van der Waals surface area contributed by atoms with Gasteiger partial charge < -0.3 is 29.8 Å². The van der Waals surface area contributed by atoms with E-state index in [4.69, 9.17) is 40.5 Å². The van der Waals surface area contributed by atoms with E-state index < -0.39 is 76.0 Å². The van der Waals surface area contributed by atoms with Gasteiger partial charge in [0.1, 0.15) is 85.3 Å². The first-order valence-electron chi connectivity index (χ1n) is 28.5. The van der Waals surface area contributed by atoms with Crippen molar-refractivity contribution in [2.24, 2.45) is 5.73 Å². The Balaban J connectivity index is 0.000000429. The van der Waals surface area contributed by atoms with Crippen LogP contribution in [0.25, 0.3) is 0 Å². The highest BCUT2D eigenvalue weighted by Crippen LogP contribution is 2.37. The van der Waals surface area contributed by atoms with Gasteiger partial charge in [-0.1, -0.05) is 0 Å². The van der Waals surface area contributed by atoms with Crippen LogP contribution in [0.5, 0.6) is 23.0 Å². The van der Waals surface area contributed by atoms with Crippen LogP contribution in [0.15, 0.2) is 177 Å². The van der Waals surface area contributed by atoms with E-state index in [9.17, 15) is 55.6 Å². The monoisotopic (exact) mass is 1680 g/mol. The Morgan fingerprint density at radius 3 is 1.14 bits per heavy atom. The molecule has 4 aromatic carbocycles. The van der Waals surface area contributed by atoms with Crippen molar-refractivity contribution in [3.63, 3.8) is 0 Å². The average molecular weight is 1680 g/mol. The smallest absolute Gasteiger partial charge is 0.216 e. The molecule has 0 bridgehead atoms. The molecular formula is C64H74BBrClN4O17S12. The van der Waals surface area contributed by atoms with E-state index in [1.165, 1.54) is 83.7 Å². The highest BCUT2D eigenvalue weighted by Gasteiger charge is 2.28. The van der Waals surface area contributed by atoms with Crippen molar-refractivity contribution in [3.8, 4) is 41.2 Å². The minimum Gasteiger partial charge on any atom is -0.508 e. The predicted molar refractivity (Wildman–Crippen MR) is 403 cm³/mol. The van der Waals surface area contributed by atoms with E-state index >= 15 is 0 Å². The van der Waals surface area contributed by atoms with Gasteiger partial charge in [0.2, 0.25) is 29.5 Å². The van der Waals surface area contributed by atoms with Crippen LogP contribution in [0.3, 0.4) is 0 Å². The summed E-state index contributed by atoms with van der Waals surface area (Å²) in [5, 5.41) is 35.4. The van der Waals surface area contributed by atoms with E-state index in [2.05, 4.69) is 28.6 Å². The fourth-order valence-electron chi connectivity index (χ4n) is 7.56. The zero-order valence-electron chi connectivity index (χ0n) is 56.3. The number of hydrogen-bond donors (Lipinski definition) is 3. The number of ether oxygens (including phenoxy) is 4. The SMILES string of the molecule is C1CCOC1.CC(C)(C)Oc1cc(S(C)(=O)=O)cc(S(=O)(=O)c2ccc(C#N)s2)c1.CC(C)(C)Oc1cc(S(C)(=O)=O)cc(S(=O)(=O)c2ccc(CN)s2)c1.CS(=O)(=O)c1cc(O)cc(S(=O)(=O)c2ccc(C#N)s2)c1.CSc1cc(S)cc(OC(C)(C)C)c1.Cl.N#Cc1ccc(Br)s1.[B]. The third-order valence-corrected chi connectivity index (χ3v) is 27.2. The zero-order valence-corrected chi connectivity index (χ0v) is 68.6. The van der Waals surface area contributed by atoms with Crippen molar-refractivity contribution in [1.29, 1.82) is 15.8 Å². The molecule has 1 aliphatic heterocycles. The highest BCUT2D eigenvalue weighted by molar-refractivity contribution is 9.11. The Kier molecular flexibility index (Phi) is 34.2. The molecular weight excluding hydrogens is 1610 g/mol. The lowest BCUT2D eigenvalue weighted by molar-refractivity contribution is 0.129. The van der Waals surface area contributed by atoms with Gasteiger partial charge >= 0.3 is 0 Å². The Hall–Kier alpha value is -5.50. The average Bonchev–Trinajstić information content (AvgIpc) is 1.25. The van der Waals surface area contributed by atoms with E-state index in [1.807, 2.05) is 69.5 Å². The van der Waals surface area contributed by atoms with Crippen LogP contribution in [-0.2, 0) is 70.3 Å². The maximum absolute atomic E-state index is 12.9. The van der Waals surface area contributed by atoms with E-state index in [-0.39, 0.29) is 96.2 Å². The molecule has 5 heterocycles. The summed E-state index contributed by atoms with van der Waals surface area (Å²) in [5.41, 5.74) is 4.15. The minimum atomic E-state index is -3.99. The molecule has 3 radical (unpaired) electrons. The molecule has 0 saturated carbocycles. The third kappa shape index (κ3) is 29.3. The number of thioether (sulfide) groups is 1. The number of thiophene rings is 4. The normalized spacial score (nSPS) is 12.4. The topological polar surface area (TPSA) is 359 Å². The number of nitrogens with zero attached hydrogens (tertiary/aromatic N) is 3. The molecule has 0 unspecified atom stereocenters. The van der Waals surface area contributed by atoms with Crippen molar-refractivity contribution < 1.29 is 74.6 Å². The molecule has 541 valence electrons. The van der Waals surface area contributed by atoms with E-state index in [0.29, 0.717) is 0 Å². The van der Waals surface area contributed by atoms with Crippen LogP contribution in [0, 0.1) is 34.0 Å². The van der Waals surface area contributed by atoms with Crippen LogP contribution in [0.2, 0.25) is 0 Å². The van der Waals surface area contributed by atoms with Crippen molar-refractivity contribution >= 4 is 166 Å². The van der Waals surface area contributed by atoms with Crippen LogP contribution >= 0.6 is 98.1 Å². The maximum atomic E-state index is 12.9. The Bertz CT molecular complexity index is 4970. The molecule has 1 aliphatic rings. The zero-order chi connectivity index (χ0) is 74.2. The van der Waals surface area contributed by atoms with Crippen molar-refractivity contribution in [2.75, 3.05) is 38.2 Å². The molecule has 21 nitrogen and oxygen atoms in total. The molecule has 9 rings (SSSR count). The van der Waals surface area contributed by atoms with E-state index in [0.717, 1.165) is 121 Å². The van der Waals surface area contributed by atoms with Gasteiger partial charge in [-0.05, 0) is 219 Å². The summed E-state index contributed by atoms with van der Waals surface area (Å²) in [6.45, 7) is 19.0. The molecule has 36 heteroatoms. The fraction of sp³-hybridized carbons (Fsp3) is 0.328. The predicted octanol–water partition coefficient (Wildman–Crippen LogP) is 14.3. The summed E-state index contributed by atoms with van der Waals surface area (Å²) in [6.07, 6.45) is 7.54. The lowest BCUT2D eigenvalue weighted by Gasteiger charge is -2.22. The van der Waals surface area contributed by atoms with Crippen LogP contribution < -0.4 is 19.9 Å². The van der Waals surface area contributed by atoms with Gasteiger partial charge in [-0.3, -0.25) is 0 Å². The van der Waals surface area contributed by atoms with Gasteiger partial charge in [-0.15, -0.1) is 82.1 Å². The number of halogens is 2. The van der Waals surface area contributed by atoms with E-state index in [1.54, 1.807) is 65.4 Å². The number of nitriles is 3. The molecule has 0 spiro atoms. The molecule has 0 amide bonds. The summed E-state index contributed by atoms with van der Waals surface area (Å²) in [5.74, 6) is 0.749. The molecule has 0 atom stereocenters. The lowest BCUT2D eigenvalue weighted by Crippen LogP contribution is -2.23. The molecule has 100 heavy (non-hydrogen) atoms. The lowest BCUT2D eigenvalue weighted by atomic mass is 10.2. The van der Waals surface area contributed by atoms with Gasteiger partial charge in [-0.25, -0.2) is 50.5 Å². The first kappa shape index (κ1) is 90.6. The fourth-order valence-corrected chi connectivity index (χ4v) is 19.6. The van der Waals surface area contributed by atoms with Crippen LogP contribution in [0.4, 0.5) is 0 Å². The number of hydrogen-bond acceptors (Lipinski definition) is 27. The number of rotatable bonds is 14. The minimum absolute atomic E-state index is 0. The second-order valence-corrected chi connectivity index (χ2v) is 43.5. The standard InChI is InChI=1S/C16H21NO5S3.C16H17NO5S3.C12H9NO5S3.C11H16OS2.C5H2BrNS.C4H8O.B.ClH/c2*1-16(2,3)22-11-7-13(24(4,18)19)9-14(8-11)25(20,21)15-6-5-12(10-17)23-15;1-20(15,16)10-4-8(14)5-11(6-10)21(17,18)12-3-2-9(7-13)19-12;1-11(2,3)12-8-5-9(13)7-10(6-8)14-4;6-5-2-1-4(3-7)8-5;1-2-4-5-3-1;;/h5-9H,10,17H2,1-4H3;5-9H,1-4H3;2-6,14H,1H3;5-7,13H,1-4H3;1-2H;1-4H2;;1H. The van der Waals surface area contributed by atoms with Gasteiger partial charge in [-0.2, -0.15) is 15.8 Å². The summed E-state index contributed by atoms with van der Waals surface area (Å²) in [4.78, 5) is 2.86. The van der Waals surface area contributed by atoms with Gasteiger partial charge in [0.25, 0.3) is 0 Å². The number of sulfone groups is 6. The number of nitrogens with two attached hydrogens (primary N) is 1. The summed E-state index contributed by atoms with van der Waals surface area (Å²) >= 11 is 13.4. The molecule has 0 aliphatic carbocycles. The van der Waals surface area contributed by atoms with Crippen molar-refractivity contribution in [1.82, 2.24) is 0 Å². The quantitative estimate of drug-likeness (QED) is 0.0517. The second kappa shape index (κ2) is 37.8. The maximum Gasteiger partial charge on any atom is 0.216 e. The largest absolute Gasteiger partial charge is 0.508 e. The van der Waals surface area contributed by atoms with Crippen LogP contribution in [0.1, 0.15) is 94.7 Å². The molecule has 1 fully saturated rings. The number of phenolic OH excluding ortho intramolecular Hbond substituents is 1.